The molecule has 1 fully saturated rings. The van der Waals surface area contributed by atoms with Crippen LogP contribution in [-0.4, -0.2) is 56.8 Å². The number of ether oxygens (including phenoxy) is 1. The van der Waals surface area contributed by atoms with Gasteiger partial charge in [-0.05, 0) is 18.2 Å². The summed E-state index contributed by atoms with van der Waals surface area (Å²) < 4.78 is 21.3. The van der Waals surface area contributed by atoms with Crippen LogP contribution in [-0.2, 0) is 9.53 Å². The topological polar surface area (TPSA) is 131 Å². The maximum absolute atomic E-state index is 14.8. The minimum atomic E-state index is -0.624. The van der Waals surface area contributed by atoms with E-state index in [1.165, 1.54) is 46.6 Å². The van der Waals surface area contributed by atoms with Crippen LogP contribution in [0.25, 0.3) is 5.69 Å². The highest BCUT2D eigenvalue weighted by atomic mass is 32.1. The number of carbonyl (C=O) groups is 3. The SMILES string of the molecule is CC(=O)NCC1CN(c2ccc(-n3cnc(C(=O)Nc4nncs4)c3)c(F)c2)C(=O)O1. The fourth-order valence-electron chi connectivity index (χ4n) is 2.93. The maximum atomic E-state index is 14.8. The number of aromatic nitrogens is 4. The number of carbonyl (C=O) groups excluding carboxylic acids is 3. The molecular formula is C18H16FN7O4S. The van der Waals surface area contributed by atoms with E-state index in [0.717, 1.165) is 11.3 Å². The third-order valence-electron chi connectivity index (χ3n) is 4.37. The van der Waals surface area contributed by atoms with E-state index in [2.05, 4.69) is 25.8 Å². The molecule has 11 nitrogen and oxygen atoms in total. The minimum absolute atomic E-state index is 0.0719. The Kier molecular flexibility index (Phi) is 5.58. The fraction of sp³-hybridized carbons (Fsp3) is 0.222. The predicted molar refractivity (Wildman–Crippen MR) is 108 cm³/mol. The van der Waals surface area contributed by atoms with Gasteiger partial charge in [-0.15, -0.1) is 10.2 Å². The molecule has 1 aliphatic rings. The molecular weight excluding hydrogens is 429 g/mol. The van der Waals surface area contributed by atoms with Gasteiger partial charge >= 0.3 is 6.09 Å². The summed E-state index contributed by atoms with van der Waals surface area (Å²) in [5.74, 6) is -1.36. The molecule has 2 N–H and O–H groups in total. The van der Waals surface area contributed by atoms with Gasteiger partial charge in [-0.25, -0.2) is 14.2 Å². The zero-order valence-corrected chi connectivity index (χ0v) is 16.9. The van der Waals surface area contributed by atoms with Gasteiger partial charge in [0.1, 0.15) is 29.5 Å². The molecule has 0 bridgehead atoms. The number of cyclic esters (lactones) is 1. The van der Waals surface area contributed by atoms with Crippen LogP contribution in [0.5, 0.6) is 0 Å². The summed E-state index contributed by atoms with van der Waals surface area (Å²) >= 11 is 1.16. The average molecular weight is 445 g/mol. The lowest BCUT2D eigenvalue weighted by Crippen LogP contribution is -2.33. The number of benzene rings is 1. The molecule has 0 saturated carbocycles. The largest absolute Gasteiger partial charge is 0.442 e. The molecule has 31 heavy (non-hydrogen) atoms. The molecule has 2 aromatic heterocycles. The smallest absolute Gasteiger partial charge is 0.414 e. The number of nitrogens with zero attached hydrogens (tertiary/aromatic N) is 5. The number of rotatable bonds is 6. The summed E-state index contributed by atoms with van der Waals surface area (Å²) in [7, 11) is 0. The van der Waals surface area contributed by atoms with E-state index < -0.39 is 23.9 Å². The Morgan fingerprint density at radius 3 is 2.94 bits per heavy atom. The van der Waals surface area contributed by atoms with Crippen LogP contribution in [0.1, 0.15) is 17.4 Å². The van der Waals surface area contributed by atoms with Crippen molar-refractivity contribution in [3.05, 3.63) is 47.7 Å². The first-order valence-electron chi connectivity index (χ1n) is 9.04. The Balaban J connectivity index is 1.47. The first kappa shape index (κ1) is 20.4. The molecule has 3 heterocycles. The van der Waals surface area contributed by atoms with Crippen molar-refractivity contribution >= 4 is 40.1 Å². The highest BCUT2D eigenvalue weighted by Gasteiger charge is 2.32. The van der Waals surface area contributed by atoms with E-state index in [-0.39, 0.29) is 30.4 Å². The molecule has 0 radical (unpaired) electrons. The van der Waals surface area contributed by atoms with Gasteiger partial charge in [0, 0.05) is 13.1 Å². The second-order valence-corrected chi connectivity index (χ2v) is 7.39. The standard InChI is InChI=1S/C18H16FN7O4S/c1-10(27)20-5-12-6-26(18(29)30-12)11-2-3-15(13(19)4-11)25-7-14(21-8-25)16(28)23-17-24-22-9-31-17/h2-4,7-9,12H,5-6H2,1H3,(H,20,27)(H,23,24,28). The van der Waals surface area contributed by atoms with E-state index in [4.69, 9.17) is 4.74 Å². The summed E-state index contributed by atoms with van der Waals surface area (Å²) in [6.07, 6.45) is 1.53. The molecule has 1 aromatic carbocycles. The maximum Gasteiger partial charge on any atom is 0.414 e. The van der Waals surface area contributed by atoms with Crippen molar-refractivity contribution in [1.29, 1.82) is 0 Å². The number of hydrogen-bond acceptors (Lipinski definition) is 8. The first-order valence-corrected chi connectivity index (χ1v) is 9.92. The zero-order chi connectivity index (χ0) is 22.0. The van der Waals surface area contributed by atoms with Crippen LogP contribution in [0, 0.1) is 5.82 Å². The molecule has 0 spiro atoms. The summed E-state index contributed by atoms with van der Waals surface area (Å²) in [6, 6.07) is 4.22. The van der Waals surface area contributed by atoms with Crippen molar-refractivity contribution in [2.24, 2.45) is 0 Å². The average Bonchev–Trinajstić information content (AvgIpc) is 3.47. The molecule has 3 amide bonds. The van der Waals surface area contributed by atoms with Crippen molar-refractivity contribution in [3.63, 3.8) is 0 Å². The van der Waals surface area contributed by atoms with Gasteiger partial charge in [0.15, 0.2) is 0 Å². The van der Waals surface area contributed by atoms with Crippen LogP contribution in [0.4, 0.5) is 20.0 Å². The Hall–Kier alpha value is -3.87. The second-order valence-electron chi connectivity index (χ2n) is 6.55. The minimum Gasteiger partial charge on any atom is -0.442 e. The van der Waals surface area contributed by atoms with Crippen molar-refractivity contribution in [1.82, 2.24) is 25.1 Å². The van der Waals surface area contributed by atoms with E-state index in [1.54, 1.807) is 6.07 Å². The molecule has 4 rings (SSSR count). The molecule has 1 unspecified atom stereocenters. The second kappa shape index (κ2) is 8.47. The molecule has 0 aliphatic carbocycles. The Bertz CT molecular complexity index is 1130. The van der Waals surface area contributed by atoms with Crippen molar-refractivity contribution < 1.29 is 23.5 Å². The zero-order valence-electron chi connectivity index (χ0n) is 16.1. The number of imidazole rings is 1. The van der Waals surface area contributed by atoms with E-state index >= 15 is 0 Å². The van der Waals surface area contributed by atoms with Gasteiger partial charge in [-0.2, -0.15) is 0 Å². The van der Waals surface area contributed by atoms with Crippen LogP contribution in [0.2, 0.25) is 0 Å². The lowest BCUT2D eigenvalue weighted by molar-refractivity contribution is -0.119. The van der Waals surface area contributed by atoms with Gasteiger partial charge in [0.25, 0.3) is 5.91 Å². The van der Waals surface area contributed by atoms with E-state index in [1.807, 2.05) is 0 Å². The summed E-state index contributed by atoms with van der Waals surface area (Å²) in [6.45, 7) is 1.72. The number of hydrogen-bond donors (Lipinski definition) is 2. The molecule has 160 valence electrons. The fourth-order valence-corrected chi connectivity index (χ4v) is 3.37. The number of anilines is 2. The summed E-state index contributed by atoms with van der Waals surface area (Å²) in [4.78, 5) is 40.6. The number of nitrogens with one attached hydrogen (secondary N) is 2. The van der Waals surface area contributed by atoms with Crippen LogP contribution in [0.3, 0.4) is 0 Å². The number of amides is 3. The monoisotopic (exact) mass is 445 g/mol. The van der Waals surface area contributed by atoms with Crippen LogP contribution < -0.4 is 15.5 Å². The molecule has 13 heteroatoms. The third-order valence-corrected chi connectivity index (χ3v) is 4.98. The summed E-state index contributed by atoms with van der Waals surface area (Å²) in [5.41, 5.74) is 2.01. The van der Waals surface area contributed by atoms with Gasteiger partial charge in [0.05, 0.1) is 24.5 Å². The Labute approximate surface area is 178 Å². The lowest BCUT2D eigenvalue weighted by atomic mass is 10.2. The van der Waals surface area contributed by atoms with Crippen LogP contribution in [0.15, 0.2) is 36.2 Å². The Morgan fingerprint density at radius 1 is 1.39 bits per heavy atom. The quantitative estimate of drug-likeness (QED) is 0.589. The molecule has 1 aliphatic heterocycles. The van der Waals surface area contributed by atoms with Gasteiger partial charge in [-0.1, -0.05) is 11.3 Å². The normalized spacial score (nSPS) is 15.6. The Morgan fingerprint density at radius 2 is 2.23 bits per heavy atom. The van der Waals surface area contributed by atoms with Crippen LogP contribution >= 0.6 is 11.3 Å². The molecule has 1 atom stereocenters. The van der Waals surface area contributed by atoms with Gasteiger partial charge in [-0.3, -0.25) is 19.8 Å². The summed E-state index contributed by atoms with van der Waals surface area (Å²) in [5, 5.41) is 12.8. The first-order chi connectivity index (χ1) is 14.9. The highest BCUT2D eigenvalue weighted by molar-refractivity contribution is 7.13. The van der Waals surface area contributed by atoms with Crippen molar-refractivity contribution in [2.75, 3.05) is 23.3 Å². The highest BCUT2D eigenvalue weighted by Crippen LogP contribution is 2.25. The third kappa shape index (κ3) is 4.50. The van der Waals surface area contributed by atoms with E-state index in [0.29, 0.717) is 10.8 Å². The number of halogens is 1. The predicted octanol–water partition coefficient (Wildman–Crippen LogP) is 1.58. The van der Waals surface area contributed by atoms with Gasteiger partial charge < -0.3 is 14.6 Å². The van der Waals surface area contributed by atoms with Crippen molar-refractivity contribution in [3.8, 4) is 5.69 Å². The van der Waals surface area contributed by atoms with Gasteiger partial charge in [0.2, 0.25) is 11.0 Å². The lowest BCUT2D eigenvalue weighted by Gasteiger charge is -2.14. The van der Waals surface area contributed by atoms with E-state index in [9.17, 15) is 18.8 Å². The van der Waals surface area contributed by atoms with Crippen molar-refractivity contribution in [2.45, 2.75) is 13.0 Å². The molecule has 3 aromatic rings. The molecule has 1 saturated heterocycles.